The van der Waals surface area contributed by atoms with Gasteiger partial charge in [0.15, 0.2) is 0 Å². The molecule has 6 aromatic rings. The quantitative estimate of drug-likeness (QED) is 0.253. The molecule has 0 amide bonds. The van der Waals surface area contributed by atoms with Crippen molar-refractivity contribution in [2.24, 2.45) is 0 Å². The molecule has 0 saturated heterocycles. The fourth-order valence-corrected chi connectivity index (χ4v) is 5.52. The van der Waals surface area contributed by atoms with Crippen molar-refractivity contribution in [3.8, 4) is 0 Å². The summed E-state index contributed by atoms with van der Waals surface area (Å²) in [5.41, 5.74) is 8.68. The molecular formula is C32H23BrN4. The zero-order chi connectivity index (χ0) is 24.8. The lowest BCUT2D eigenvalue weighted by atomic mass is 10.0. The molecule has 0 spiro atoms. The van der Waals surface area contributed by atoms with Gasteiger partial charge in [0.2, 0.25) is 0 Å². The summed E-state index contributed by atoms with van der Waals surface area (Å²) in [5.74, 6) is 0. The number of aromatic amines is 4. The zero-order valence-electron chi connectivity index (χ0n) is 19.8. The van der Waals surface area contributed by atoms with E-state index in [0.29, 0.717) is 0 Å². The molecule has 2 aromatic carbocycles. The van der Waals surface area contributed by atoms with Gasteiger partial charge in [-0.3, -0.25) is 0 Å². The molecule has 37 heavy (non-hydrogen) atoms. The highest BCUT2D eigenvalue weighted by Crippen LogP contribution is 2.24. The van der Waals surface area contributed by atoms with E-state index in [2.05, 4.69) is 139 Å². The van der Waals surface area contributed by atoms with Crippen LogP contribution in [0.4, 0.5) is 0 Å². The van der Waals surface area contributed by atoms with Gasteiger partial charge in [-0.1, -0.05) is 60.7 Å². The van der Waals surface area contributed by atoms with E-state index in [4.69, 9.17) is 0 Å². The first-order chi connectivity index (χ1) is 18.2. The van der Waals surface area contributed by atoms with Crippen molar-refractivity contribution in [2.75, 3.05) is 0 Å². The third-order valence-electron chi connectivity index (χ3n) is 6.78. The number of hydrogen-bond donors (Lipinski definition) is 4. The minimum atomic E-state index is 0.976. The number of halogens is 1. The van der Waals surface area contributed by atoms with Crippen molar-refractivity contribution >= 4 is 37.6 Å². The van der Waals surface area contributed by atoms with Crippen LogP contribution in [0, 0.1) is 0 Å². The Labute approximate surface area is 221 Å². The average Bonchev–Trinajstić information content (AvgIpc) is 3.74. The molecule has 7 rings (SSSR count). The topological polar surface area (TPSA) is 63.2 Å². The maximum absolute atomic E-state index is 3.86. The Bertz CT molecular complexity index is 1980. The van der Waals surface area contributed by atoms with Gasteiger partial charge < -0.3 is 19.9 Å². The monoisotopic (exact) mass is 542 g/mol. The van der Waals surface area contributed by atoms with E-state index in [1.165, 1.54) is 0 Å². The largest absolute Gasteiger partial charge is 0.355 e. The standard InChI is InChI=1S/C32H23BrN4/c33-32-28-17-15-26(36-28)30(20-7-3-1-4-8-20)24-13-11-22(34-24)19-23-12-14-25(35-23)31(21-9-5-2-6-10-21)27-16-18-29(32)37-27/h1-19,34-37H. The fraction of sp³-hybridized carbons (Fsp3) is 0. The third kappa shape index (κ3) is 3.94. The lowest BCUT2D eigenvalue weighted by molar-refractivity contribution is 1.21. The van der Waals surface area contributed by atoms with Crippen molar-refractivity contribution in [3.63, 3.8) is 0 Å². The summed E-state index contributed by atoms with van der Waals surface area (Å²) in [6.07, 6.45) is 2.15. The molecule has 0 unspecified atom stereocenters. The Morgan fingerprint density at radius 3 is 1.73 bits per heavy atom. The average molecular weight is 543 g/mol. The van der Waals surface area contributed by atoms with Crippen LogP contribution < -0.4 is 21.4 Å². The highest BCUT2D eigenvalue weighted by Gasteiger charge is 2.13. The van der Waals surface area contributed by atoms with E-state index in [0.717, 1.165) is 70.9 Å². The second kappa shape index (κ2) is 8.87. The van der Waals surface area contributed by atoms with Crippen LogP contribution in [0.2, 0.25) is 0 Å². The van der Waals surface area contributed by atoms with E-state index in [1.54, 1.807) is 0 Å². The number of H-pyrrole nitrogens is 4. The molecule has 178 valence electrons. The van der Waals surface area contributed by atoms with Gasteiger partial charge >= 0.3 is 0 Å². The van der Waals surface area contributed by atoms with Crippen LogP contribution in [-0.2, 0) is 0 Å². The molecular weight excluding hydrogens is 520 g/mol. The molecule has 0 saturated carbocycles. The highest BCUT2D eigenvalue weighted by molar-refractivity contribution is 9.15. The molecule has 8 bridgehead atoms. The molecule has 1 aliphatic rings. The summed E-state index contributed by atoms with van der Waals surface area (Å²) >= 11 is 3.86. The van der Waals surface area contributed by atoms with Gasteiger partial charge in [0.25, 0.3) is 0 Å². The van der Waals surface area contributed by atoms with Gasteiger partial charge in [-0.25, -0.2) is 0 Å². The number of benzene rings is 2. The molecule has 4 aromatic heterocycles. The Morgan fingerprint density at radius 1 is 0.432 bits per heavy atom. The molecule has 1 aliphatic heterocycles. The van der Waals surface area contributed by atoms with E-state index in [9.17, 15) is 0 Å². The minimum Gasteiger partial charge on any atom is -0.355 e. The fourth-order valence-electron chi connectivity index (χ4n) is 5.06. The third-order valence-corrected chi connectivity index (χ3v) is 7.63. The summed E-state index contributed by atoms with van der Waals surface area (Å²) in [6.45, 7) is 0. The summed E-state index contributed by atoms with van der Waals surface area (Å²) < 4.78 is 0.976. The SMILES string of the molecule is BrC1=c2ccc([nH]2)=C(c2ccccc2)c2ccc([nH]2)C=c2ccc([nH]2)=C(c2ccccc2)c2ccc1[nH]2. The minimum absolute atomic E-state index is 0.976. The van der Waals surface area contributed by atoms with E-state index in [1.807, 2.05) is 12.1 Å². The molecule has 5 heteroatoms. The maximum atomic E-state index is 3.86. The van der Waals surface area contributed by atoms with Crippen LogP contribution in [0.3, 0.4) is 0 Å². The van der Waals surface area contributed by atoms with Gasteiger partial charge in [-0.15, -0.1) is 0 Å². The predicted octanol–water partition coefficient (Wildman–Crippen LogP) is 4.19. The Morgan fingerprint density at radius 2 is 1.00 bits per heavy atom. The van der Waals surface area contributed by atoms with Gasteiger partial charge in [-0.05, 0) is 81.7 Å². The summed E-state index contributed by atoms with van der Waals surface area (Å²) in [6, 6.07) is 38.0. The summed E-state index contributed by atoms with van der Waals surface area (Å²) in [5, 5.41) is 4.14. The molecule has 0 radical (unpaired) electrons. The molecule has 5 heterocycles. The number of rotatable bonds is 2. The normalized spacial score (nSPS) is 13.1. The van der Waals surface area contributed by atoms with Crippen LogP contribution in [-0.4, -0.2) is 19.9 Å². The maximum Gasteiger partial charge on any atom is 0.0645 e. The Kier molecular flexibility index (Phi) is 5.22. The van der Waals surface area contributed by atoms with Gasteiger partial charge in [0.05, 0.1) is 15.5 Å². The van der Waals surface area contributed by atoms with Crippen LogP contribution in [0.5, 0.6) is 0 Å². The van der Waals surface area contributed by atoms with Crippen molar-refractivity contribution in [3.05, 3.63) is 164 Å². The lowest BCUT2D eigenvalue weighted by Crippen LogP contribution is -2.16. The number of fused-ring (bicyclic) bond motifs is 8. The van der Waals surface area contributed by atoms with E-state index in [-0.39, 0.29) is 0 Å². The second-order valence-corrected chi connectivity index (χ2v) is 9.96. The molecule has 4 N–H and O–H groups in total. The highest BCUT2D eigenvalue weighted by atomic mass is 79.9. The van der Waals surface area contributed by atoms with Crippen molar-refractivity contribution in [2.45, 2.75) is 0 Å². The molecule has 0 aliphatic carbocycles. The Balaban J connectivity index is 1.56. The van der Waals surface area contributed by atoms with Crippen LogP contribution >= 0.6 is 15.9 Å². The Hall–Kier alpha value is -4.48. The summed E-state index contributed by atoms with van der Waals surface area (Å²) in [4.78, 5) is 14.6. The van der Waals surface area contributed by atoms with Crippen LogP contribution in [0.1, 0.15) is 33.9 Å². The van der Waals surface area contributed by atoms with Gasteiger partial charge in [0.1, 0.15) is 0 Å². The molecule has 0 fully saturated rings. The van der Waals surface area contributed by atoms with Crippen LogP contribution in [0.15, 0.2) is 109 Å². The number of hydrogen-bond acceptors (Lipinski definition) is 0. The first-order valence-electron chi connectivity index (χ1n) is 12.2. The lowest BCUT2D eigenvalue weighted by Gasteiger charge is -2.06. The second-order valence-electron chi connectivity index (χ2n) is 9.17. The van der Waals surface area contributed by atoms with Gasteiger partial charge in [-0.2, -0.15) is 0 Å². The zero-order valence-corrected chi connectivity index (χ0v) is 21.4. The number of aromatic nitrogens is 4. The van der Waals surface area contributed by atoms with Crippen molar-refractivity contribution < 1.29 is 0 Å². The number of nitrogens with one attached hydrogen (secondary N) is 4. The molecule has 0 atom stereocenters. The smallest absolute Gasteiger partial charge is 0.0645 e. The van der Waals surface area contributed by atoms with Crippen molar-refractivity contribution in [1.82, 2.24) is 19.9 Å². The van der Waals surface area contributed by atoms with E-state index < -0.39 is 0 Å². The van der Waals surface area contributed by atoms with Crippen molar-refractivity contribution in [1.29, 1.82) is 0 Å². The van der Waals surface area contributed by atoms with Crippen LogP contribution in [0.25, 0.3) is 21.7 Å². The first-order valence-corrected chi connectivity index (χ1v) is 13.0. The molecule has 4 nitrogen and oxygen atoms in total. The summed E-state index contributed by atoms with van der Waals surface area (Å²) in [7, 11) is 0. The van der Waals surface area contributed by atoms with Gasteiger partial charge in [0, 0.05) is 44.3 Å². The van der Waals surface area contributed by atoms with E-state index >= 15 is 0 Å². The predicted molar refractivity (Wildman–Crippen MR) is 153 cm³/mol. The first kappa shape index (κ1) is 21.8.